The molecule has 0 amide bonds. The molecule has 2 aromatic heterocycles. The maximum absolute atomic E-state index is 12.7. The fourth-order valence-electron chi connectivity index (χ4n) is 2.20. The molecule has 2 heterocycles. The quantitative estimate of drug-likeness (QED) is 0.722. The van der Waals surface area contributed by atoms with E-state index in [2.05, 4.69) is 26.0 Å². The Morgan fingerprint density at radius 2 is 2.05 bits per heavy atom. The zero-order chi connectivity index (χ0) is 15.2. The standard InChI is InChI=1S/C13H10BrClF3N3/c14-4-8-5-20-21(11(8)7-1-2-7)12-10(15)3-9(6-19-12)13(16,17)18/h3,5-7H,1-2,4H2. The van der Waals surface area contributed by atoms with Gasteiger partial charge in [-0.05, 0) is 18.9 Å². The van der Waals surface area contributed by atoms with Crippen molar-refractivity contribution in [2.24, 2.45) is 0 Å². The summed E-state index contributed by atoms with van der Waals surface area (Å²) in [6, 6.07) is 0.885. The van der Waals surface area contributed by atoms with Gasteiger partial charge >= 0.3 is 6.18 Å². The first-order valence-corrected chi connectivity index (χ1v) is 7.77. The van der Waals surface area contributed by atoms with Crippen molar-refractivity contribution < 1.29 is 13.2 Å². The van der Waals surface area contributed by atoms with E-state index < -0.39 is 11.7 Å². The van der Waals surface area contributed by atoms with Crippen molar-refractivity contribution in [2.45, 2.75) is 30.3 Å². The van der Waals surface area contributed by atoms with Gasteiger partial charge in [0, 0.05) is 23.0 Å². The van der Waals surface area contributed by atoms with Crippen LogP contribution in [-0.4, -0.2) is 14.8 Å². The molecule has 3 nitrogen and oxygen atoms in total. The van der Waals surface area contributed by atoms with Crippen molar-refractivity contribution in [1.29, 1.82) is 0 Å². The highest BCUT2D eigenvalue weighted by Crippen LogP contribution is 2.43. The Hall–Kier alpha value is -1.08. The van der Waals surface area contributed by atoms with E-state index in [1.807, 2.05) is 0 Å². The highest BCUT2D eigenvalue weighted by molar-refractivity contribution is 9.08. The van der Waals surface area contributed by atoms with Crippen LogP contribution in [0.4, 0.5) is 13.2 Å². The first kappa shape index (κ1) is 14.8. The van der Waals surface area contributed by atoms with Crippen LogP contribution < -0.4 is 0 Å². The number of hydrogen-bond acceptors (Lipinski definition) is 2. The minimum absolute atomic E-state index is 0.0593. The number of halogens is 5. The van der Waals surface area contributed by atoms with Crippen LogP contribution in [-0.2, 0) is 11.5 Å². The number of nitrogens with zero attached hydrogens (tertiary/aromatic N) is 3. The van der Waals surface area contributed by atoms with Gasteiger partial charge in [0.1, 0.15) is 0 Å². The van der Waals surface area contributed by atoms with Gasteiger partial charge in [0.25, 0.3) is 0 Å². The molecule has 0 aliphatic heterocycles. The van der Waals surface area contributed by atoms with E-state index in [-0.39, 0.29) is 10.8 Å². The third-order valence-electron chi connectivity index (χ3n) is 3.34. The lowest BCUT2D eigenvalue weighted by Crippen LogP contribution is -2.10. The van der Waals surface area contributed by atoms with Crippen molar-refractivity contribution in [3.05, 3.63) is 40.3 Å². The summed E-state index contributed by atoms with van der Waals surface area (Å²) in [7, 11) is 0. The second-order valence-corrected chi connectivity index (χ2v) is 5.87. The summed E-state index contributed by atoms with van der Waals surface area (Å²) in [5.74, 6) is 0.610. The van der Waals surface area contributed by atoms with E-state index >= 15 is 0 Å². The zero-order valence-electron chi connectivity index (χ0n) is 10.7. The fraction of sp³-hybridized carbons (Fsp3) is 0.385. The van der Waals surface area contributed by atoms with E-state index in [0.29, 0.717) is 11.2 Å². The predicted octanol–water partition coefficient (Wildman–Crippen LogP) is 4.71. The second kappa shape index (κ2) is 5.28. The molecule has 1 aliphatic carbocycles. The molecule has 0 aromatic carbocycles. The third kappa shape index (κ3) is 2.81. The molecule has 3 rings (SSSR count). The van der Waals surface area contributed by atoms with Crippen molar-refractivity contribution in [2.75, 3.05) is 0 Å². The van der Waals surface area contributed by atoms with E-state index in [9.17, 15) is 13.2 Å². The van der Waals surface area contributed by atoms with Crippen LogP contribution in [0.2, 0.25) is 5.02 Å². The summed E-state index contributed by atoms with van der Waals surface area (Å²) in [6.07, 6.45) is 0.110. The van der Waals surface area contributed by atoms with Gasteiger partial charge in [-0.2, -0.15) is 18.3 Å². The Labute approximate surface area is 132 Å². The molecule has 2 aromatic rings. The van der Waals surface area contributed by atoms with Crippen LogP contribution in [0.3, 0.4) is 0 Å². The number of hydrogen-bond donors (Lipinski definition) is 0. The van der Waals surface area contributed by atoms with Crippen LogP contribution in [0, 0.1) is 0 Å². The first-order chi connectivity index (χ1) is 9.91. The van der Waals surface area contributed by atoms with Gasteiger partial charge in [0.05, 0.1) is 22.5 Å². The SMILES string of the molecule is FC(F)(F)c1cnc(-n2ncc(CBr)c2C2CC2)c(Cl)c1. The van der Waals surface area contributed by atoms with Gasteiger partial charge in [-0.3, -0.25) is 0 Å². The second-order valence-electron chi connectivity index (χ2n) is 4.90. The topological polar surface area (TPSA) is 30.7 Å². The van der Waals surface area contributed by atoms with E-state index in [0.717, 1.165) is 36.4 Å². The third-order valence-corrected chi connectivity index (χ3v) is 4.23. The van der Waals surface area contributed by atoms with Gasteiger partial charge in [0.2, 0.25) is 0 Å². The molecule has 1 saturated carbocycles. The highest BCUT2D eigenvalue weighted by Gasteiger charge is 2.33. The summed E-state index contributed by atoms with van der Waals surface area (Å²) in [6.45, 7) is 0. The molecule has 1 aliphatic rings. The maximum atomic E-state index is 12.7. The first-order valence-electron chi connectivity index (χ1n) is 6.27. The molecule has 0 atom stereocenters. The number of aromatic nitrogens is 3. The zero-order valence-corrected chi connectivity index (χ0v) is 13.0. The van der Waals surface area contributed by atoms with Crippen molar-refractivity contribution in [3.8, 4) is 5.82 Å². The lowest BCUT2D eigenvalue weighted by atomic mass is 10.2. The monoisotopic (exact) mass is 379 g/mol. The summed E-state index contributed by atoms with van der Waals surface area (Å²) in [5.41, 5.74) is 1.12. The molecule has 21 heavy (non-hydrogen) atoms. The van der Waals surface area contributed by atoms with Gasteiger partial charge in [0.15, 0.2) is 5.82 Å². The average molecular weight is 381 g/mol. The molecule has 0 spiro atoms. The Morgan fingerprint density at radius 3 is 2.57 bits per heavy atom. The largest absolute Gasteiger partial charge is 0.417 e. The predicted molar refractivity (Wildman–Crippen MR) is 76.0 cm³/mol. The molecule has 1 fully saturated rings. The summed E-state index contributed by atoms with van der Waals surface area (Å²) in [5, 5.41) is 4.81. The van der Waals surface area contributed by atoms with Crippen LogP contribution in [0.1, 0.15) is 35.6 Å². The lowest BCUT2D eigenvalue weighted by Gasteiger charge is -2.11. The van der Waals surface area contributed by atoms with Crippen molar-refractivity contribution >= 4 is 27.5 Å². The maximum Gasteiger partial charge on any atom is 0.417 e. The van der Waals surface area contributed by atoms with E-state index in [1.165, 1.54) is 0 Å². The Kier molecular flexibility index (Phi) is 3.73. The molecular formula is C13H10BrClF3N3. The van der Waals surface area contributed by atoms with Gasteiger partial charge in [-0.25, -0.2) is 9.67 Å². The lowest BCUT2D eigenvalue weighted by molar-refractivity contribution is -0.137. The summed E-state index contributed by atoms with van der Waals surface area (Å²) >= 11 is 9.38. The van der Waals surface area contributed by atoms with E-state index in [4.69, 9.17) is 11.6 Å². The van der Waals surface area contributed by atoms with Crippen LogP contribution >= 0.6 is 27.5 Å². The van der Waals surface area contributed by atoms with Gasteiger partial charge in [-0.15, -0.1) is 0 Å². The Balaban J connectivity index is 2.07. The molecule has 8 heteroatoms. The molecule has 0 radical (unpaired) electrons. The number of pyridine rings is 1. The molecule has 0 unspecified atom stereocenters. The minimum atomic E-state index is -4.46. The van der Waals surface area contributed by atoms with Gasteiger partial charge in [-0.1, -0.05) is 27.5 Å². The number of alkyl halides is 4. The van der Waals surface area contributed by atoms with Crippen LogP contribution in [0.5, 0.6) is 0 Å². The van der Waals surface area contributed by atoms with Crippen LogP contribution in [0.25, 0.3) is 5.82 Å². The summed E-state index contributed by atoms with van der Waals surface area (Å²) in [4.78, 5) is 3.87. The van der Waals surface area contributed by atoms with Crippen molar-refractivity contribution in [1.82, 2.24) is 14.8 Å². The minimum Gasteiger partial charge on any atom is -0.235 e. The number of rotatable bonds is 3. The van der Waals surface area contributed by atoms with Crippen LogP contribution in [0.15, 0.2) is 18.5 Å². The molecular weight excluding hydrogens is 371 g/mol. The molecule has 112 valence electrons. The average Bonchev–Trinajstić information content (AvgIpc) is 3.17. The molecule has 0 saturated heterocycles. The Morgan fingerprint density at radius 1 is 1.33 bits per heavy atom. The smallest absolute Gasteiger partial charge is 0.235 e. The van der Waals surface area contributed by atoms with E-state index in [1.54, 1.807) is 10.9 Å². The van der Waals surface area contributed by atoms with Gasteiger partial charge < -0.3 is 0 Å². The van der Waals surface area contributed by atoms with Crippen molar-refractivity contribution in [3.63, 3.8) is 0 Å². The summed E-state index contributed by atoms with van der Waals surface area (Å²) < 4.78 is 39.5. The Bertz CT molecular complexity index is 680. The molecule has 0 N–H and O–H groups in total. The fourth-order valence-corrected chi connectivity index (χ4v) is 2.88. The molecule has 0 bridgehead atoms. The highest BCUT2D eigenvalue weighted by atomic mass is 79.9. The normalized spacial score (nSPS) is 15.5.